The van der Waals surface area contributed by atoms with Crippen LogP contribution in [0.25, 0.3) is 0 Å². The summed E-state index contributed by atoms with van der Waals surface area (Å²) in [6, 6.07) is -3.39. The van der Waals surface area contributed by atoms with Crippen LogP contribution < -0.4 is 22.9 Å². The lowest BCUT2D eigenvalue weighted by atomic mass is 9.84. The van der Waals surface area contributed by atoms with Gasteiger partial charge in [0.2, 0.25) is 0 Å². The van der Waals surface area contributed by atoms with Crippen molar-refractivity contribution in [2.24, 2.45) is 22.9 Å². The third kappa shape index (κ3) is 5.24. The van der Waals surface area contributed by atoms with Gasteiger partial charge in [-0.15, -0.1) is 0 Å². The average molecular weight is 469 g/mol. The first-order chi connectivity index (χ1) is 15.1. The Morgan fingerprint density at radius 3 is 1.75 bits per heavy atom. The van der Waals surface area contributed by atoms with Gasteiger partial charge in [0.25, 0.3) is 0 Å². The summed E-state index contributed by atoms with van der Waals surface area (Å²) in [6.45, 7) is -1.01. The van der Waals surface area contributed by atoms with Crippen LogP contribution in [0.5, 0.6) is 0 Å². The molecule has 0 aromatic rings. The van der Waals surface area contributed by atoms with Crippen molar-refractivity contribution < 1.29 is 49.6 Å². The molecular weight excluding hydrogens is 432 g/mol. The highest BCUT2D eigenvalue weighted by Crippen LogP contribution is 2.30. The smallest absolute Gasteiger partial charge is 0.186 e. The van der Waals surface area contributed by atoms with Crippen LogP contribution in [0.15, 0.2) is 0 Å². The predicted molar refractivity (Wildman–Crippen MR) is 106 cm³/mol. The molecule has 1 aliphatic carbocycles. The van der Waals surface area contributed by atoms with Gasteiger partial charge in [-0.2, -0.15) is 0 Å². The third-order valence-corrected chi connectivity index (χ3v) is 6.36. The fraction of sp³-hybridized carbons (Fsp3) is 1.00. The van der Waals surface area contributed by atoms with Crippen molar-refractivity contribution in [3.05, 3.63) is 0 Å². The van der Waals surface area contributed by atoms with Gasteiger partial charge in [-0.05, 0) is 12.8 Å². The number of hydrogen-bond acceptors (Lipinski definition) is 14. The molecule has 0 radical (unpaired) electrons. The lowest BCUT2D eigenvalue weighted by molar-refractivity contribution is -0.315. The van der Waals surface area contributed by atoms with E-state index in [-0.39, 0.29) is 12.8 Å². The minimum absolute atomic E-state index is 0.109. The van der Waals surface area contributed by atoms with Gasteiger partial charge in [0.15, 0.2) is 12.6 Å². The van der Waals surface area contributed by atoms with Crippen molar-refractivity contribution in [2.45, 2.75) is 98.4 Å². The molecule has 2 heterocycles. The van der Waals surface area contributed by atoms with Gasteiger partial charge in [-0.3, -0.25) is 0 Å². The van der Waals surface area contributed by atoms with Crippen LogP contribution in [0.3, 0.4) is 0 Å². The second kappa shape index (κ2) is 10.8. The summed E-state index contributed by atoms with van der Waals surface area (Å²) in [5.41, 5.74) is 24.1. The fourth-order valence-corrected chi connectivity index (χ4v) is 4.38. The number of aliphatic hydroxyl groups excluding tert-OH is 6. The number of ether oxygens (including phenoxy) is 4. The average Bonchev–Trinajstić information content (AvgIpc) is 2.75. The summed E-state index contributed by atoms with van der Waals surface area (Å²) < 4.78 is 22.5. The van der Waals surface area contributed by atoms with E-state index in [1.807, 2.05) is 0 Å². The van der Waals surface area contributed by atoms with Gasteiger partial charge in [0, 0.05) is 12.1 Å². The Bertz CT molecular complexity index is 606. The van der Waals surface area contributed by atoms with Gasteiger partial charge in [-0.1, -0.05) is 0 Å². The molecule has 14 N–H and O–H groups in total. The van der Waals surface area contributed by atoms with E-state index in [9.17, 15) is 30.6 Å². The van der Waals surface area contributed by atoms with Crippen LogP contribution in [0.4, 0.5) is 0 Å². The van der Waals surface area contributed by atoms with Crippen molar-refractivity contribution in [3.63, 3.8) is 0 Å². The second-order valence-corrected chi connectivity index (χ2v) is 8.73. The van der Waals surface area contributed by atoms with E-state index >= 15 is 0 Å². The third-order valence-electron chi connectivity index (χ3n) is 6.36. The quantitative estimate of drug-likeness (QED) is 0.174. The van der Waals surface area contributed by atoms with E-state index in [1.165, 1.54) is 0 Å². The highest BCUT2D eigenvalue weighted by Gasteiger charge is 2.50. The molecule has 0 aromatic carbocycles. The maximum absolute atomic E-state index is 10.9. The van der Waals surface area contributed by atoms with Gasteiger partial charge < -0.3 is 72.5 Å². The highest BCUT2D eigenvalue weighted by molar-refractivity contribution is 5.01. The molecule has 3 aliphatic rings. The molecule has 3 fully saturated rings. The van der Waals surface area contributed by atoms with Crippen LogP contribution in [-0.2, 0) is 18.9 Å². The zero-order chi connectivity index (χ0) is 23.7. The Hall–Kier alpha value is -0.560. The molecule has 14 heteroatoms. The fourth-order valence-electron chi connectivity index (χ4n) is 4.38. The topological polar surface area (TPSA) is 262 Å². The highest BCUT2D eigenvalue weighted by atomic mass is 16.7. The Morgan fingerprint density at radius 2 is 1.19 bits per heavy atom. The molecule has 2 aliphatic heterocycles. The Kier molecular flexibility index (Phi) is 8.79. The molecule has 32 heavy (non-hydrogen) atoms. The molecule has 2 saturated heterocycles. The first-order valence-corrected chi connectivity index (χ1v) is 10.7. The van der Waals surface area contributed by atoms with Crippen LogP contribution in [0, 0.1) is 0 Å². The maximum atomic E-state index is 10.9. The summed E-state index contributed by atoms with van der Waals surface area (Å²) in [6.07, 6.45) is -11.4. The molecule has 188 valence electrons. The Morgan fingerprint density at radius 1 is 0.656 bits per heavy atom. The Labute approximate surface area is 185 Å². The standard InChI is InChI=1S/C18H36N4O10/c19-5-1-6(20)16(32-18-13(27)11(22)12(26)10(4-24)30-18)14(28)15(5)31-17-7(21)2-8(25)9(3-23)29-17/h5-18,23-28H,1-4,19-22H2. The molecule has 14 nitrogen and oxygen atoms in total. The summed E-state index contributed by atoms with van der Waals surface area (Å²) in [7, 11) is 0. The number of aliphatic hydroxyl groups is 6. The zero-order valence-corrected chi connectivity index (χ0v) is 17.5. The Balaban J connectivity index is 1.70. The van der Waals surface area contributed by atoms with Gasteiger partial charge >= 0.3 is 0 Å². The van der Waals surface area contributed by atoms with E-state index in [2.05, 4.69) is 0 Å². The van der Waals surface area contributed by atoms with Crippen molar-refractivity contribution >= 4 is 0 Å². The number of rotatable bonds is 6. The minimum atomic E-state index is -1.45. The minimum Gasteiger partial charge on any atom is -0.394 e. The first-order valence-electron chi connectivity index (χ1n) is 10.7. The van der Waals surface area contributed by atoms with Crippen LogP contribution in [-0.4, -0.2) is 129 Å². The molecule has 0 aromatic heterocycles. The SMILES string of the molecule is NC1CC(O)C(CO)OC1OC1C(N)CC(N)C(OC2OC(CO)C(O)C(N)C2O)C1O. The van der Waals surface area contributed by atoms with Gasteiger partial charge in [-0.25, -0.2) is 0 Å². The largest absolute Gasteiger partial charge is 0.394 e. The maximum Gasteiger partial charge on any atom is 0.186 e. The molecule has 0 amide bonds. The monoisotopic (exact) mass is 468 g/mol. The predicted octanol–water partition coefficient (Wildman–Crippen LogP) is -6.26. The van der Waals surface area contributed by atoms with Crippen LogP contribution >= 0.6 is 0 Å². The molecule has 14 atom stereocenters. The molecule has 14 unspecified atom stereocenters. The molecule has 0 spiro atoms. The van der Waals surface area contributed by atoms with Crippen molar-refractivity contribution in [2.75, 3.05) is 13.2 Å². The van der Waals surface area contributed by atoms with E-state index in [0.29, 0.717) is 0 Å². The molecule has 0 bridgehead atoms. The molecule has 1 saturated carbocycles. The summed E-state index contributed by atoms with van der Waals surface area (Å²) >= 11 is 0. The lowest BCUT2D eigenvalue weighted by Gasteiger charge is -2.47. The summed E-state index contributed by atoms with van der Waals surface area (Å²) in [5, 5.41) is 59.9. The molecular formula is C18H36N4O10. The van der Waals surface area contributed by atoms with Gasteiger partial charge in [0.1, 0.15) is 42.7 Å². The van der Waals surface area contributed by atoms with E-state index in [4.69, 9.17) is 41.9 Å². The van der Waals surface area contributed by atoms with Crippen molar-refractivity contribution in [3.8, 4) is 0 Å². The normalized spacial score (nSPS) is 52.7. The first kappa shape index (κ1) is 26.1. The van der Waals surface area contributed by atoms with Crippen LogP contribution in [0.1, 0.15) is 12.8 Å². The molecule has 3 rings (SSSR count). The van der Waals surface area contributed by atoms with Gasteiger partial charge in [0.05, 0.1) is 31.4 Å². The summed E-state index contributed by atoms with van der Waals surface area (Å²) in [4.78, 5) is 0. The van der Waals surface area contributed by atoms with Crippen molar-refractivity contribution in [1.29, 1.82) is 0 Å². The van der Waals surface area contributed by atoms with Crippen LogP contribution in [0.2, 0.25) is 0 Å². The zero-order valence-electron chi connectivity index (χ0n) is 17.5. The number of nitrogens with two attached hydrogens (primary N) is 4. The summed E-state index contributed by atoms with van der Waals surface area (Å²) in [5.74, 6) is 0. The van der Waals surface area contributed by atoms with E-state index in [1.54, 1.807) is 0 Å². The van der Waals surface area contributed by atoms with Crippen molar-refractivity contribution in [1.82, 2.24) is 0 Å². The van der Waals surface area contributed by atoms with E-state index < -0.39 is 98.8 Å². The van der Waals surface area contributed by atoms with E-state index in [0.717, 1.165) is 0 Å². The number of hydrogen-bond donors (Lipinski definition) is 10. The second-order valence-electron chi connectivity index (χ2n) is 8.73. The lowest BCUT2D eigenvalue weighted by Crippen LogP contribution is -2.68.